The molecule has 18 heavy (non-hydrogen) atoms. The fourth-order valence-corrected chi connectivity index (χ4v) is 2.78. The van der Waals surface area contributed by atoms with Crippen LogP contribution >= 0.6 is 0 Å². The maximum absolute atomic E-state index is 12.4. The van der Waals surface area contributed by atoms with Crippen LogP contribution in [0, 0.1) is 0 Å². The van der Waals surface area contributed by atoms with E-state index in [0.29, 0.717) is 11.6 Å². The van der Waals surface area contributed by atoms with E-state index in [1.54, 1.807) is 0 Å². The summed E-state index contributed by atoms with van der Waals surface area (Å²) >= 11 is 0. The lowest BCUT2D eigenvalue weighted by Crippen LogP contribution is -2.23. The van der Waals surface area contributed by atoms with Crippen LogP contribution in [0.1, 0.15) is 51.6 Å². The van der Waals surface area contributed by atoms with Gasteiger partial charge in [-0.1, -0.05) is 12.8 Å². The molecule has 1 aliphatic rings. The van der Waals surface area contributed by atoms with Crippen molar-refractivity contribution in [2.45, 2.75) is 51.6 Å². The minimum atomic E-state index is 0.0683. The summed E-state index contributed by atoms with van der Waals surface area (Å²) in [5.74, 6) is 0. The van der Waals surface area contributed by atoms with Crippen LogP contribution in [-0.2, 0) is 0 Å². The molecule has 1 fully saturated rings. The molecule has 0 spiro atoms. The third-order valence-corrected chi connectivity index (χ3v) is 3.86. The summed E-state index contributed by atoms with van der Waals surface area (Å²) in [4.78, 5) is 12.4. The molecule has 0 bridgehead atoms. The first-order valence-corrected chi connectivity index (χ1v) is 6.77. The highest BCUT2D eigenvalue weighted by Gasteiger charge is 2.19. The predicted molar refractivity (Wildman–Crippen MR) is 71.9 cm³/mol. The highest BCUT2D eigenvalue weighted by Crippen LogP contribution is 2.28. The van der Waals surface area contributed by atoms with Gasteiger partial charge in [-0.25, -0.2) is 0 Å². The van der Waals surface area contributed by atoms with Gasteiger partial charge in [0.15, 0.2) is 5.52 Å². The lowest BCUT2D eigenvalue weighted by molar-refractivity contribution is 0.503. The van der Waals surface area contributed by atoms with Crippen molar-refractivity contribution in [3.05, 3.63) is 28.8 Å². The molecule has 96 valence electrons. The molecule has 1 aliphatic carbocycles. The standard InChI is InChI=1S/C14H19N3O/c1-10(2)17-9-11-7-8-16(12-5-3-4-6-12)14(18)13(11)15-17/h7-10,12H,3-6H2,1-2H3. The molecule has 2 aromatic heterocycles. The molecule has 2 heterocycles. The lowest BCUT2D eigenvalue weighted by Gasteiger charge is -2.12. The normalized spacial score (nSPS) is 17.1. The summed E-state index contributed by atoms with van der Waals surface area (Å²) in [7, 11) is 0. The number of aromatic nitrogens is 3. The van der Waals surface area contributed by atoms with Gasteiger partial charge in [-0.2, -0.15) is 5.10 Å². The Bertz CT molecular complexity index is 617. The molecular formula is C14H19N3O. The molecule has 0 atom stereocenters. The Balaban J connectivity index is 2.13. The highest BCUT2D eigenvalue weighted by atomic mass is 16.1. The van der Waals surface area contributed by atoms with E-state index >= 15 is 0 Å². The van der Waals surface area contributed by atoms with Gasteiger partial charge >= 0.3 is 0 Å². The van der Waals surface area contributed by atoms with Crippen LogP contribution in [0.15, 0.2) is 23.3 Å². The van der Waals surface area contributed by atoms with Crippen LogP contribution < -0.4 is 5.56 Å². The van der Waals surface area contributed by atoms with E-state index in [1.807, 2.05) is 27.7 Å². The van der Waals surface area contributed by atoms with Gasteiger partial charge in [-0.05, 0) is 32.8 Å². The average molecular weight is 245 g/mol. The van der Waals surface area contributed by atoms with Crippen molar-refractivity contribution in [1.29, 1.82) is 0 Å². The third kappa shape index (κ3) is 1.76. The van der Waals surface area contributed by atoms with E-state index in [1.165, 1.54) is 12.8 Å². The molecule has 1 saturated carbocycles. The van der Waals surface area contributed by atoms with Gasteiger partial charge in [0.05, 0.1) is 0 Å². The predicted octanol–water partition coefficient (Wildman–Crippen LogP) is 2.89. The monoisotopic (exact) mass is 245 g/mol. The van der Waals surface area contributed by atoms with Gasteiger partial charge < -0.3 is 4.57 Å². The highest BCUT2D eigenvalue weighted by molar-refractivity contribution is 5.76. The third-order valence-electron chi connectivity index (χ3n) is 3.86. The van der Waals surface area contributed by atoms with Crippen LogP contribution in [0.4, 0.5) is 0 Å². The summed E-state index contributed by atoms with van der Waals surface area (Å²) in [6, 6.07) is 2.68. The quantitative estimate of drug-likeness (QED) is 0.816. The zero-order chi connectivity index (χ0) is 12.7. The number of rotatable bonds is 2. The van der Waals surface area contributed by atoms with Gasteiger partial charge in [0.25, 0.3) is 5.56 Å². The molecule has 2 aromatic rings. The van der Waals surface area contributed by atoms with E-state index in [0.717, 1.165) is 18.2 Å². The van der Waals surface area contributed by atoms with Crippen LogP contribution in [0.25, 0.3) is 10.9 Å². The molecule has 0 unspecified atom stereocenters. The first-order chi connectivity index (χ1) is 8.66. The number of pyridine rings is 1. The topological polar surface area (TPSA) is 39.8 Å². The molecule has 0 aliphatic heterocycles. The van der Waals surface area contributed by atoms with Crippen LogP contribution in [0.3, 0.4) is 0 Å². The second-order valence-electron chi connectivity index (χ2n) is 5.47. The zero-order valence-corrected chi connectivity index (χ0v) is 11.0. The van der Waals surface area contributed by atoms with E-state index in [4.69, 9.17) is 0 Å². The maximum Gasteiger partial charge on any atom is 0.279 e. The summed E-state index contributed by atoms with van der Waals surface area (Å²) < 4.78 is 3.75. The largest absolute Gasteiger partial charge is 0.311 e. The Hall–Kier alpha value is -1.58. The SMILES string of the molecule is CC(C)n1cc2ccn(C3CCCC3)c(=O)c2n1. The summed E-state index contributed by atoms with van der Waals surface area (Å²) in [6.07, 6.45) is 8.60. The summed E-state index contributed by atoms with van der Waals surface area (Å²) in [5.41, 5.74) is 0.678. The molecular weight excluding hydrogens is 226 g/mol. The number of fused-ring (bicyclic) bond motifs is 1. The Morgan fingerprint density at radius 3 is 2.72 bits per heavy atom. The molecule has 4 heteroatoms. The molecule has 0 amide bonds. The fourth-order valence-electron chi connectivity index (χ4n) is 2.78. The van der Waals surface area contributed by atoms with Crippen LogP contribution in [0.5, 0.6) is 0 Å². The van der Waals surface area contributed by atoms with Gasteiger partial charge in [0, 0.05) is 29.9 Å². The van der Waals surface area contributed by atoms with E-state index in [2.05, 4.69) is 18.9 Å². The van der Waals surface area contributed by atoms with Crippen molar-refractivity contribution in [2.24, 2.45) is 0 Å². The molecule has 3 rings (SSSR count). The second-order valence-corrected chi connectivity index (χ2v) is 5.47. The Labute approximate surface area is 106 Å². The zero-order valence-electron chi connectivity index (χ0n) is 11.0. The molecule has 0 N–H and O–H groups in total. The van der Waals surface area contributed by atoms with Crippen molar-refractivity contribution >= 4 is 10.9 Å². The van der Waals surface area contributed by atoms with Gasteiger partial charge in [0.2, 0.25) is 0 Å². The van der Waals surface area contributed by atoms with Crippen molar-refractivity contribution in [1.82, 2.24) is 14.3 Å². The summed E-state index contributed by atoms with van der Waals surface area (Å²) in [5, 5.41) is 5.37. The van der Waals surface area contributed by atoms with Crippen molar-refractivity contribution in [2.75, 3.05) is 0 Å². The van der Waals surface area contributed by atoms with E-state index < -0.39 is 0 Å². The second kappa shape index (κ2) is 4.26. The minimum Gasteiger partial charge on any atom is -0.311 e. The Morgan fingerprint density at radius 2 is 2.06 bits per heavy atom. The van der Waals surface area contributed by atoms with Crippen LogP contribution in [-0.4, -0.2) is 14.3 Å². The number of hydrogen-bond acceptors (Lipinski definition) is 2. The first-order valence-electron chi connectivity index (χ1n) is 6.77. The molecule has 0 radical (unpaired) electrons. The van der Waals surface area contributed by atoms with E-state index in [-0.39, 0.29) is 11.6 Å². The molecule has 4 nitrogen and oxygen atoms in total. The fraction of sp³-hybridized carbons (Fsp3) is 0.571. The van der Waals surface area contributed by atoms with Gasteiger partial charge in [-0.3, -0.25) is 9.48 Å². The van der Waals surface area contributed by atoms with Crippen molar-refractivity contribution in [3.8, 4) is 0 Å². The smallest absolute Gasteiger partial charge is 0.279 e. The number of nitrogens with zero attached hydrogens (tertiary/aromatic N) is 3. The maximum atomic E-state index is 12.4. The Kier molecular flexibility index (Phi) is 2.73. The lowest BCUT2D eigenvalue weighted by atomic mass is 10.2. The van der Waals surface area contributed by atoms with Gasteiger partial charge in [0.1, 0.15) is 0 Å². The van der Waals surface area contributed by atoms with Crippen molar-refractivity contribution in [3.63, 3.8) is 0 Å². The van der Waals surface area contributed by atoms with Gasteiger partial charge in [-0.15, -0.1) is 0 Å². The Morgan fingerprint density at radius 1 is 1.33 bits per heavy atom. The summed E-state index contributed by atoms with van der Waals surface area (Å²) in [6.45, 7) is 4.14. The molecule has 0 saturated heterocycles. The van der Waals surface area contributed by atoms with Crippen LogP contribution in [0.2, 0.25) is 0 Å². The minimum absolute atomic E-state index is 0.0683. The van der Waals surface area contributed by atoms with E-state index in [9.17, 15) is 4.79 Å². The molecule has 0 aromatic carbocycles. The first kappa shape index (κ1) is 11.5. The number of hydrogen-bond donors (Lipinski definition) is 0. The van der Waals surface area contributed by atoms with Crippen molar-refractivity contribution < 1.29 is 0 Å². The average Bonchev–Trinajstić information content (AvgIpc) is 2.97.